The fraction of sp³-hybridized carbons (Fsp3) is 0.500. The number of anilines is 1. The third-order valence-electron chi connectivity index (χ3n) is 3.33. The summed E-state index contributed by atoms with van der Waals surface area (Å²) in [6.07, 6.45) is 0.290. The van der Waals surface area contributed by atoms with E-state index in [4.69, 9.17) is 5.11 Å². The molecule has 1 unspecified atom stereocenters. The van der Waals surface area contributed by atoms with Crippen LogP contribution in [0, 0.1) is 0 Å². The average Bonchev–Trinajstić information content (AvgIpc) is 2.42. The lowest BCUT2D eigenvalue weighted by Gasteiger charge is -2.31. The number of carbonyl (C=O) groups is 1. The maximum Gasteiger partial charge on any atom is 0.227 e. The molecule has 0 aliphatic carbocycles. The standard InChI is InChI=1S/C14H20N2O3/c1-15-7-10-2-4-13-11(6-10)3-5-14(19)16(13)8-12(18)9-17/h2,4,6,12,15,17-18H,3,5,7-9H2,1H3. The number of amides is 1. The van der Waals surface area contributed by atoms with Crippen LogP contribution in [0.25, 0.3) is 0 Å². The number of aliphatic hydroxyl groups excluding tert-OH is 2. The first-order chi connectivity index (χ1) is 9.15. The number of fused-ring (bicyclic) bond motifs is 1. The summed E-state index contributed by atoms with van der Waals surface area (Å²) in [7, 11) is 1.90. The Kier molecular flexibility index (Phi) is 4.52. The zero-order valence-corrected chi connectivity index (χ0v) is 11.1. The fourth-order valence-electron chi connectivity index (χ4n) is 2.40. The molecule has 1 heterocycles. The van der Waals surface area contributed by atoms with Crippen LogP contribution in [0.4, 0.5) is 5.69 Å². The van der Waals surface area contributed by atoms with Crippen molar-refractivity contribution in [2.24, 2.45) is 0 Å². The van der Waals surface area contributed by atoms with Gasteiger partial charge in [-0.1, -0.05) is 12.1 Å². The lowest BCUT2D eigenvalue weighted by molar-refractivity contribution is -0.119. The Morgan fingerprint density at radius 2 is 2.21 bits per heavy atom. The molecule has 19 heavy (non-hydrogen) atoms. The van der Waals surface area contributed by atoms with Crippen LogP contribution in [0.15, 0.2) is 18.2 Å². The van der Waals surface area contributed by atoms with Gasteiger partial charge < -0.3 is 20.4 Å². The van der Waals surface area contributed by atoms with Gasteiger partial charge >= 0.3 is 0 Å². The van der Waals surface area contributed by atoms with Gasteiger partial charge in [0.05, 0.1) is 19.3 Å². The van der Waals surface area contributed by atoms with Crippen molar-refractivity contribution in [1.82, 2.24) is 5.32 Å². The number of aliphatic hydroxyl groups is 2. The van der Waals surface area contributed by atoms with Crippen molar-refractivity contribution in [2.75, 3.05) is 25.1 Å². The fourth-order valence-corrected chi connectivity index (χ4v) is 2.40. The largest absolute Gasteiger partial charge is 0.394 e. The van der Waals surface area contributed by atoms with Gasteiger partial charge in [0.25, 0.3) is 0 Å². The van der Waals surface area contributed by atoms with Gasteiger partial charge in [0.15, 0.2) is 0 Å². The molecule has 5 heteroatoms. The number of β-amino-alcohol motifs (C(OH)–C–C–N with tert-alkyl or cyclic N) is 1. The zero-order chi connectivity index (χ0) is 13.8. The van der Waals surface area contributed by atoms with Crippen molar-refractivity contribution < 1.29 is 15.0 Å². The van der Waals surface area contributed by atoms with Gasteiger partial charge in [0.2, 0.25) is 5.91 Å². The smallest absolute Gasteiger partial charge is 0.227 e. The van der Waals surface area contributed by atoms with Gasteiger partial charge in [0.1, 0.15) is 0 Å². The molecule has 0 saturated heterocycles. The normalized spacial score (nSPS) is 16.4. The Hall–Kier alpha value is -1.43. The molecule has 1 aromatic rings. The minimum atomic E-state index is -0.896. The van der Waals surface area contributed by atoms with Crippen LogP contribution in [0.3, 0.4) is 0 Å². The summed E-state index contributed by atoms with van der Waals surface area (Å²) in [6.45, 7) is 0.602. The monoisotopic (exact) mass is 264 g/mol. The molecule has 0 radical (unpaired) electrons. The van der Waals surface area contributed by atoms with Crippen molar-refractivity contribution in [2.45, 2.75) is 25.5 Å². The molecule has 0 bridgehead atoms. The number of aryl methyl sites for hydroxylation is 1. The Balaban J connectivity index is 2.26. The van der Waals surface area contributed by atoms with E-state index >= 15 is 0 Å². The number of nitrogens with zero attached hydrogens (tertiary/aromatic N) is 1. The van der Waals surface area contributed by atoms with Gasteiger partial charge in [0, 0.05) is 18.7 Å². The van der Waals surface area contributed by atoms with E-state index in [0.29, 0.717) is 6.42 Å². The second kappa shape index (κ2) is 6.14. The average molecular weight is 264 g/mol. The zero-order valence-electron chi connectivity index (χ0n) is 11.1. The highest BCUT2D eigenvalue weighted by Crippen LogP contribution is 2.28. The van der Waals surface area contributed by atoms with Gasteiger partial charge in [-0.15, -0.1) is 0 Å². The second-order valence-electron chi connectivity index (χ2n) is 4.83. The molecule has 104 valence electrons. The van der Waals surface area contributed by atoms with Gasteiger partial charge in [-0.05, 0) is 30.7 Å². The highest BCUT2D eigenvalue weighted by molar-refractivity contribution is 5.96. The molecule has 0 saturated carbocycles. The lowest BCUT2D eigenvalue weighted by atomic mass is 9.98. The molecule has 1 aliphatic heterocycles. The minimum absolute atomic E-state index is 0.00127. The number of benzene rings is 1. The third kappa shape index (κ3) is 3.12. The van der Waals surface area contributed by atoms with E-state index in [0.717, 1.165) is 24.2 Å². The van der Waals surface area contributed by atoms with Gasteiger partial charge in [-0.25, -0.2) is 0 Å². The molecule has 1 atom stereocenters. The maximum atomic E-state index is 11.9. The Labute approximate surface area is 112 Å². The summed E-state index contributed by atoms with van der Waals surface area (Å²) < 4.78 is 0. The quantitative estimate of drug-likeness (QED) is 0.702. The van der Waals surface area contributed by atoms with E-state index in [1.54, 1.807) is 4.90 Å². The summed E-state index contributed by atoms with van der Waals surface area (Å²) in [5.74, 6) is 0.00127. The van der Waals surface area contributed by atoms with Crippen LogP contribution in [0.5, 0.6) is 0 Å². The minimum Gasteiger partial charge on any atom is -0.394 e. The molecule has 0 spiro atoms. The molecule has 1 aromatic carbocycles. The molecule has 1 amide bonds. The van der Waals surface area contributed by atoms with Crippen LogP contribution in [-0.2, 0) is 17.8 Å². The topological polar surface area (TPSA) is 72.8 Å². The number of rotatable bonds is 5. The van der Waals surface area contributed by atoms with Crippen molar-refractivity contribution in [3.8, 4) is 0 Å². The van der Waals surface area contributed by atoms with E-state index in [1.807, 2.05) is 19.2 Å². The van der Waals surface area contributed by atoms with E-state index < -0.39 is 6.10 Å². The predicted octanol–water partition coefficient (Wildman–Crippen LogP) is 0.0384. The van der Waals surface area contributed by atoms with Crippen molar-refractivity contribution >= 4 is 11.6 Å². The molecule has 5 nitrogen and oxygen atoms in total. The summed E-state index contributed by atoms with van der Waals surface area (Å²) in [5, 5.41) is 21.6. The van der Waals surface area contributed by atoms with E-state index in [9.17, 15) is 9.90 Å². The Bertz CT molecular complexity index is 462. The summed E-state index contributed by atoms with van der Waals surface area (Å²) in [5.41, 5.74) is 3.15. The summed E-state index contributed by atoms with van der Waals surface area (Å²) in [4.78, 5) is 13.5. The van der Waals surface area contributed by atoms with Gasteiger partial charge in [-0.3, -0.25) is 4.79 Å². The lowest BCUT2D eigenvalue weighted by Crippen LogP contribution is -2.41. The Morgan fingerprint density at radius 1 is 1.42 bits per heavy atom. The SMILES string of the molecule is CNCc1ccc2c(c1)CCC(=O)N2CC(O)CO. The highest BCUT2D eigenvalue weighted by Gasteiger charge is 2.25. The van der Waals surface area contributed by atoms with Crippen LogP contribution in [0.1, 0.15) is 17.5 Å². The molecular formula is C14H20N2O3. The van der Waals surface area contributed by atoms with Crippen molar-refractivity contribution in [3.05, 3.63) is 29.3 Å². The number of carbonyl (C=O) groups excluding carboxylic acids is 1. The van der Waals surface area contributed by atoms with Crippen LogP contribution < -0.4 is 10.2 Å². The number of hydrogen-bond donors (Lipinski definition) is 3. The van der Waals surface area contributed by atoms with Crippen LogP contribution >= 0.6 is 0 Å². The molecular weight excluding hydrogens is 244 g/mol. The molecule has 0 fully saturated rings. The van der Waals surface area contributed by atoms with Crippen LogP contribution in [0.2, 0.25) is 0 Å². The molecule has 0 aromatic heterocycles. The van der Waals surface area contributed by atoms with E-state index in [1.165, 1.54) is 5.56 Å². The third-order valence-corrected chi connectivity index (χ3v) is 3.33. The van der Waals surface area contributed by atoms with Gasteiger partial charge in [-0.2, -0.15) is 0 Å². The first-order valence-corrected chi connectivity index (χ1v) is 6.51. The number of hydrogen-bond acceptors (Lipinski definition) is 4. The number of nitrogens with one attached hydrogen (secondary N) is 1. The maximum absolute atomic E-state index is 11.9. The van der Waals surface area contributed by atoms with E-state index in [2.05, 4.69) is 11.4 Å². The summed E-state index contributed by atoms with van der Waals surface area (Å²) >= 11 is 0. The Morgan fingerprint density at radius 3 is 2.89 bits per heavy atom. The van der Waals surface area contributed by atoms with Crippen LogP contribution in [-0.4, -0.2) is 42.4 Å². The molecule has 2 rings (SSSR count). The second-order valence-corrected chi connectivity index (χ2v) is 4.83. The summed E-state index contributed by atoms with van der Waals surface area (Å²) in [6, 6.07) is 5.99. The van der Waals surface area contributed by atoms with Crippen molar-refractivity contribution in [1.29, 1.82) is 0 Å². The first-order valence-electron chi connectivity index (χ1n) is 6.51. The molecule has 3 N–H and O–H groups in total. The van der Waals surface area contributed by atoms with Crippen molar-refractivity contribution in [3.63, 3.8) is 0 Å². The highest BCUT2D eigenvalue weighted by atomic mass is 16.3. The van der Waals surface area contributed by atoms with E-state index in [-0.39, 0.29) is 19.1 Å². The first kappa shape index (κ1) is 14.0. The predicted molar refractivity (Wildman–Crippen MR) is 73.0 cm³/mol. The molecule has 1 aliphatic rings.